The fourth-order valence-corrected chi connectivity index (χ4v) is 2.97. The Bertz CT molecular complexity index is 946. The van der Waals surface area contributed by atoms with E-state index < -0.39 is 0 Å². The summed E-state index contributed by atoms with van der Waals surface area (Å²) in [7, 11) is 1.92. The smallest absolute Gasteiger partial charge is 0.0961 e. The van der Waals surface area contributed by atoms with Crippen molar-refractivity contribution < 1.29 is 0 Å². The molecule has 2 heterocycles. The van der Waals surface area contributed by atoms with E-state index in [1.54, 1.807) is 0 Å². The average molecular weight is 303 g/mol. The fourth-order valence-electron chi connectivity index (χ4n) is 2.97. The van der Waals surface area contributed by atoms with E-state index in [9.17, 15) is 0 Å². The maximum atomic E-state index is 4.51. The van der Waals surface area contributed by atoms with E-state index in [1.807, 2.05) is 31.0 Å². The molecule has 0 N–H and O–H groups in total. The van der Waals surface area contributed by atoms with E-state index in [-0.39, 0.29) is 0 Å². The molecule has 0 aliphatic rings. The number of imidazole rings is 1. The second-order valence-corrected chi connectivity index (χ2v) is 5.71. The average Bonchev–Trinajstić information content (AvgIpc) is 3.12. The van der Waals surface area contributed by atoms with Gasteiger partial charge in [-0.25, -0.2) is 9.67 Å². The van der Waals surface area contributed by atoms with Crippen molar-refractivity contribution in [3.8, 4) is 11.3 Å². The van der Waals surface area contributed by atoms with E-state index in [0.29, 0.717) is 0 Å². The Kier molecular flexibility index (Phi) is 3.19. The van der Waals surface area contributed by atoms with Gasteiger partial charge < -0.3 is 4.57 Å². The quantitative estimate of drug-likeness (QED) is 0.584. The Morgan fingerprint density at radius 1 is 1.04 bits per heavy atom. The van der Waals surface area contributed by atoms with Crippen LogP contribution < -0.4 is 0 Å². The first kappa shape index (κ1) is 13.7. The van der Waals surface area contributed by atoms with Crippen LogP contribution in [0.3, 0.4) is 0 Å². The Balaban J connectivity index is 1.80. The second kappa shape index (κ2) is 5.35. The molecule has 0 fully saturated rings. The number of hydrogen-bond donors (Lipinski definition) is 0. The zero-order chi connectivity index (χ0) is 15.8. The van der Waals surface area contributed by atoms with E-state index in [4.69, 9.17) is 0 Å². The highest BCUT2D eigenvalue weighted by Crippen LogP contribution is 2.25. The monoisotopic (exact) mass is 303 g/mol. The van der Waals surface area contributed by atoms with Crippen molar-refractivity contribution in [3.63, 3.8) is 0 Å². The predicted molar refractivity (Wildman–Crippen MR) is 90.0 cm³/mol. The van der Waals surface area contributed by atoms with Crippen molar-refractivity contribution in [2.45, 2.75) is 13.5 Å². The maximum absolute atomic E-state index is 4.51. The molecule has 0 amide bonds. The van der Waals surface area contributed by atoms with Crippen LogP contribution in [-0.2, 0) is 13.6 Å². The molecular weight excluding hydrogens is 286 g/mol. The molecule has 5 heteroatoms. The van der Waals surface area contributed by atoms with Crippen LogP contribution in [0.1, 0.15) is 11.3 Å². The van der Waals surface area contributed by atoms with Crippen LogP contribution in [0.25, 0.3) is 22.3 Å². The highest BCUT2D eigenvalue weighted by molar-refractivity contribution is 5.81. The number of aromatic nitrogens is 5. The number of fused-ring (bicyclic) bond motifs is 1. The van der Waals surface area contributed by atoms with Crippen molar-refractivity contribution in [2.75, 3.05) is 0 Å². The lowest BCUT2D eigenvalue weighted by Crippen LogP contribution is -1.98. The molecule has 2 aromatic heterocycles. The minimum absolute atomic E-state index is 0.809. The summed E-state index contributed by atoms with van der Waals surface area (Å²) in [5, 5.41) is 8.24. The van der Waals surface area contributed by atoms with Gasteiger partial charge in [0, 0.05) is 19.2 Å². The van der Waals surface area contributed by atoms with Crippen molar-refractivity contribution in [1.29, 1.82) is 0 Å². The van der Waals surface area contributed by atoms with Gasteiger partial charge in [-0.3, -0.25) is 0 Å². The summed E-state index contributed by atoms with van der Waals surface area (Å²) in [5.74, 6) is 0. The van der Waals surface area contributed by atoms with Gasteiger partial charge in [-0.15, -0.1) is 5.10 Å². The molecule has 114 valence electrons. The van der Waals surface area contributed by atoms with E-state index in [2.05, 4.69) is 62.3 Å². The standard InChI is InChI=1S/C18H17N5/c1-13-18(22(2)21-20-13)15-8-9-16-17(10-15)23(12-19-16)11-14-6-4-3-5-7-14/h3-10,12H,11H2,1-2H3. The van der Waals surface area contributed by atoms with Gasteiger partial charge in [-0.05, 0) is 24.6 Å². The summed E-state index contributed by atoms with van der Waals surface area (Å²) in [6.07, 6.45) is 1.90. The van der Waals surface area contributed by atoms with Gasteiger partial charge in [0.25, 0.3) is 0 Å². The number of aryl methyl sites for hydroxylation is 2. The van der Waals surface area contributed by atoms with E-state index >= 15 is 0 Å². The van der Waals surface area contributed by atoms with E-state index in [0.717, 1.165) is 34.5 Å². The molecule has 4 rings (SSSR count). The van der Waals surface area contributed by atoms with Crippen molar-refractivity contribution in [2.24, 2.45) is 7.05 Å². The summed E-state index contributed by atoms with van der Waals surface area (Å²) in [6, 6.07) is 16.7. The third-order valence-corrected chi connectivity index (χ3v) is 4.09. The minimum Gasteiger partial charge on any atom is -0.326 e. The van der Waals surface area contributed by atoms with E-state index in [1.165, 1.54) is 5.56 Å². The molecule has 0 radical (unpaired) electrons. The summed E-state index contributed by atoms with van der Waals surface area (Å²) in [5.41, 5.74) is 6.46. The van der Waals surface area contributed by atoms with Gasteiger partial charge in [-0.1, -0.05) is 41.6 Å². The SMILES string of the molecule is Cc1nnn(C)c1-c1ccc2ncn(Cc3ccccc3)c2c1. The van der Waals surface area contributed by atoms with Crippen LogP contribution in [0.15, 0.2) is 54.9 Å². The number of hydrogen-bond acceptors (Lipinski definition) is 3. The van der Waals surface area contributed by atoms with Gasteiger partial charge >= 0.3 is 0 Å². The molecule has 0 aliphatic heterocycles. The van der Waals surface area contributed by atoms with Gasteiger partial charge in [-0.2, -0.15) is 0 Å². The first-order valence-corrected chi connectivity index (χ1v) is 7.58. The molecule has 0 atom stereocenters. The van der Waals surface area contributed by atoms with Crippen molar-refractivity contribution in [3.05, 3.63) is 66.1 Å². The second-order valence-electron chi connectivity index (χ2n) is 5.71. The fraction of sp³-hybridized carbons (Fsp3) is 0.167. The lowest BCUT2D eigenvalue weighted by molar-refractivity contribution is 0.719. The molecule has 0 aliphatic carbocycles. The van der Waals surface area contributed by atoms with Crippen LogP contribution in [0.4, 0.5) is 0 Å². The molecule has 0 spiro atoms. The van der Waals surface area contributed by atoms with Gasteiger partial charge in [0.15, 0.2) is 0 Å². The molecule has 4 aromatic rings. The maximum Gasteiger partial charge on any atom is 0.0961 e. The van der Waals surface area contributed by atoms with Crippen LogP contribution in [0.5, 0.6) is 0 Å². The molecule has 0 bridgehead atoms. The van der Waals surface area contributed by atoms with Gasteiger partial charge in [0.2, 0.25) is 0 Å². The molecular formula is C18H17N5. The first-order valence-electron chi connectivity index (χ1n) is 7.58. The number of benzene rings is 2. The Hall–Kier alpha value is -2.95. The highest BCUT2D eigenvalue weighted by atomic mass is 15.4. The molecule has 0 unspecified atom stereocenters. The molecule has 0 saturated heterocycles. The number of nitrogens with zero attached hydrogens (tertiary/aromatic N) is 5. The molecule has 0 saturated carbocycles. The minimum atomic E-state index is 0.809. The largest absolute Gasteiger partial charge is 0.326 e. The highest BCUT2D eigenvalue weighted by Gasteiger charge is 2.11. The lowest BCUT2D eigenvalue weighted by atomic mass is 10.1. The molecule has 2 aromatic carbocycles. The zero-order valence-corrected chi connectivity index (χ0v) is 13.1. The first-order chi connectivity index (χ1) is 11.2. The van der Waals surface area contributed by atoms with Crippen LogP contribution in [-0.4, -0.2) is 24.5 Å². The summed E-state index contributed by atoms with van der Waals surface area (Å²) >= 11 is 0. The third-order valence-electron chi connectivity index (χ3n) is 4.09. The van der Waals surface area contributed by atoms with Crippen molar-refractivity contribution in [1.82, 2.24) is 24.5 Å². The van der Waals surface area contributed by atoms with Crippen LogP contribution in [0, 0.1) is 6.92 Å². The Morgan fingerprint density at radius 3 is 2.61 bits per heavy atom. The van der Waals surface area contributed by atoms with Crippen LogP contribution in [0.2, 0.25) is 0 Å². The topological polar surface area (TPSA) is 48.5 Å². The summed E-state index contributed by atoms with van der Waals surface area (Å²) in [6.45, 7) is 2.79. The Morgan fingerprint density at radius 2 is 1.87 bits per heavy atom. The van der Waals surface area contributed by atoms with Gasteiger partial charge in [0.1, 0.15) is 0 Å². The van der Waals surface area contributed by atoms with Gasteiger partial charge in [0.05, 0.1) is 28.7 Å². The third kappa shape index (κ3) is 2.40. The zero-order valence-electron chi connectivity index (χ0n) is 13.1. The summed E-state index contributed by atoms with van der Waals surface area (Å²) in [4.78, 5) is 4.51. The summed E-state index contributed by atoms with van der Waals surface area (Å²) < 4.78 is 3.99. The lowest BCUT2D eigenvalue weighted by Gasteiger charge is -2.07. The Labute approximate surface area is 134 Å². The molecule has 5 nitrogen and oxygen atoms in total. The predicted octanol–water partition coefficient (Wildman–Crippen LogP) is 3.19. The number of rotatable bonds is 3. The molecule has 23 heavy (non-hydrogen) atoms. The van der Waals surface area contributed by atoms with Crippen LogP contribution >= 0.6 is 0 Å². The normalized spacial score (nSPS) is 11.2. The van der Waals surface area contributed by atoms with Crippen molar-refractivity contribution >= 4 is 11.0 Å².